The number of rotatable bonds is 5. The second kappa shape index (κ2) is 7.25. The Morgan fingerprint density at radius 2 is 2.14 bits per heavy atom. The van der Waals surface area contributed by atoms with Crippen molar-refractivity contribution < 1.29 is 9.90 Å². The van der Waals surface area contributed by atoms with Crippen molar-refractivity contribution >= 4 is 37.8 Å². The minimum atomic E-state index is -0.633. The molecule has 0 aromatic heterocycles. The van der Waals surface area contributed by atoms with E-state index in [0.717, 1.165) is 47.7 Å². The summed E-state index contributed by atoms with van der Waals surface area (Å²) in [7, 11) is 0. The fourth-order valence-electron chi connectivity index (χ4n) is 3.22. The maximum absolute atomic E-state index is 11.7. The largest absolute Gasteiger partial charge is 0.481 e. The number of benzene rings is 1. The number of carboxylic acids is 1. The van der Waals surface area contributed by atoms with Gasteiger partial charge in [-0.2, -0.15) is 0 Å². The molecule has 1 aromatic carbocycles. The molecule has 1 aromatic rings. The number of hydrogen-bond donors (Lipinski definition) is 1. The Morgan fingerprint density at radius 1 is 1.38 bits per heavy atom. The van der Waals surface area contributed by atoms with Crippen molar-refractivity contribution in [3.63, 3.8) is 0 Å². The second-order valence-corrected chi connectivity index (χ2v) is 7.61. The lowest BCUT2D eigenvalue weighted by molar-refractivity contribution is -0.153. The molecule has 1 aliphatic rings. The lowest BCUT2D eigenvalue weighted by Crippen LogP contribution is -2.47. The Kier molecular flexibility index (Phi) is 5.86. The van der Waals surface area contributed by atoms with E-state index in [2.05, 4.69) is 55.8 Å². The Morgan fingerprint density at radius 3 is 2.76 bits per heavy atom. The molecule has 0 aliphatic carbocycles. The molecule has 1 saturated heterocycles. The number of nitrogens with zero attached hydrogens (tertiary/aromatic N) is 1. The molecule has 1 unspecified atom stereocenters. The third-order valence-corrected chi connectivity index (χ3v) is 6.11. The van der Waals surface area contributed by atoms with Crippen molar-refractivity contribution in [1.29, 1.82) is 0 Å². The lowest BCUT2D eigenvalue weighted by atomic mass is 9.76. The van der Waals surface area contributed by atoms with E-state index in [1.165, 1.54) is 5.56 Å². The molecule has 0 bridgehead atoms. The smallest absolute Gasteiger partial charge is 0.310 e. The molecule has 1 atom stereocenters. The maximum Gasteiger partial charge on any atom is 0.310 e. The molecular weight excluding hydrogens is 398 g/mol. The number of piperidine rings is 1. The first kappa shape index (κ1) is 17.0. The molecule has 2 rings (SSSR count). The predicted octanol–water partition coefficient (Wildman–Crippen LogP) is 4.68. The first-order valence-corrected chi connectivity index (χ1v) is 8.95. The van der Waals surface area contributed by atoms with Gasteiger partial charge in [0.1, 0.15) is 0 Å². The van der Waals surface area contributed by atoms with Crippen LogP contribution in [0, 0.1) is 5.41 Å². The monoisotopic (exact) mass is 417 g/mol. The Balaban J connectivity index is 2.09. The van der Waals surface area contributed by atoms with Crippen molar-refractivity contribution in [2.75, 3.05) is 13.1 Å². The summed E-state index contributed by atoms with van der Waals surface area (Å²) in [5.41, 5.74) is 0.655. The standard InChI is InChI=1S/C16H21Br2NO2/c1-2-6-16(15(20)21)7-3-8-19(11-16)10-12-4-5-13(17)14(18)9-12/h4-5,9H,2-3,6-8,10-11H2,1H3,(H,20,21). The highest BCUT2D eigenvalue weighted by molar-refractivity contribution is 9.13. The van der Waals surface area contributed by atoms with E-state index in [1.807, 2.05) is 6.07 Å². The van der Waals surface area contributed by atoms with Crippen molar-refractivity contribution in [2.24, 2.45) is 5.41 Å². The molecule has 116 valence electrons. The van der Waals surface area contributed by atoms with E-state index >= 15 is 0 Å². The molecular formula is C16H21Br2NO2. The summed E-state index contributed by atoms with van der Waals surface area (Å²) >= 11 is 7.00. The zero-order valence-corrected chi connectivity index (χ0v) is 15.4. The van der Waals surface area contributed by atoms with Gasteiger partial charge in [0.2, 0.25) is 0 Å². The van der Waals surface area contributed by atoms with E-state index in [4.69, 9.17) is 0 Å². The highest BCUT2D eigenvalue weighted by Gasteiger charge is 2.41. The third kappa shape index (κ3) is 4.08. The van der Waals surface area contributed by atoms with Gasteiger partial charge >= 0.3 is 5.97 Å². The molecule has 5 heteroatoms. The van der Waals surface area contributed by atoms with Crippen LogP contribution >= 0.6 is 31.9 Å². The first-order valence-electron chi connectivity index (χ1n) is 7.36. The number of likely N-dealkylation sites (tertiary alicyclic amines) is 1. The van der Waals surface area contributed by atoms with Gasteiger partial charge in [-0.3, -0.25) is 9.69 Å². The van der Waals surface area contributed by atoms with Crippen LogP contribution in [0.3, 0.4) is 0 Å². The van der Waals surface area contributed by atoms with E-state index < -0.39 is 11.4 Å². The third-order valence-electron chi connectivity index (χ3n) is 4.23. The van der Waals surface area contributed by atoms with Gasteiger partial charge < -0.3 is 5.11 Å². The summed E-state index contributed by atoms with van der Waals surface area (Å²) < 4.78 is 2.07. The molecule has 1 N–H and O–H groups in total. The van der Waals surface area contributed by atoms with Gasteiger partial charge in [-0.15, -0.1) is 0 Å². The van der Waals surface area contributed by atoms with Gasteiger partial charge in [0.05, 0.1) is 5.41 Å². The van der Waals surface area contributed by atoms with Gasteiger partial charge in [0, 0.05) is 22.0 Å². The number of halogens is 2. The van der Waals surface area contributed by atoms with E-state index in [1.54, 1.807) is 0 Å². The summed E-state index contributed by atoms with van der Waals surface area (Å²) in [6, 6.07) is 6.21. The summed E-state index contributed by atoms with van der Waals surface area (Å²) in [4.78, 5) is 14.0. The zero-order chi connectivity index (χ0) is 15.5. The van der Waals surface area contributed by atoms with Crippen LogP contribution in [0.15, 0.2) is 27.1 Å². The fraction of sp³-hybridized carbons (Fsp3) is 0.562. The van der Waals surface area contributed by atoms with Crippen molar-refractivity contribution in [1.82, 2.24) is 4.90 Å². The Hall–Kier alpha value is -0.390. The summed E-state index contributed by atoms with van der Waals surface area (Å²) in [6.45, 7) is 4.51. The Bertz CT molecular complexity index is 517. The van der Waals surface area contributed by atoms with Gasteiger partial charge in [-0.05, 0) is 75.4 Å². The number of hydrogen-bond acceptors (Lipinski definition) is 2. The second-order valence-electron chi connectivity index (χ2n) is 5.90. The van der Waals surface area contributed by atoms with Crippen molar-refractivity contribution in [3.05, 3.63) is 32.7 Å². The number of aliphatic carboxylic acids is 1. The molecule has 1 fully saturated rings. The quantitative estimate of drug-likeness (QED) is 0.754. The average Bonchev–Trinajstić information content (AvgIpc) is 2.43. The summed E-state index contributed by atoms with van der Waals surface area (Å²) in [5.74, 6) is -0.633. The molecule has 0 spiro atoms. The van der Waals surface area contributed by atoms with Crippen LogP contribution in [0.4, 0.5) is 0 Å². The molecule has 1 heterocycles. The minimum Gasteiger partial charge on any atom is -0.481 e. The van der Waals surface area contributed by atoms with E-state index in [-0.39, 0.29) is 0 Å². The predicted molar refractivity (Wildman–Crippen MR) is 91.3 cm³/mol. The highest BCUT2D eigenvalue weighted by atomic mass is 79.9. The molecule has 0 amide bonds. The number of carboxylic acid groups (broad SMARTS) is 1. The maximum atomic E-state index is 11.7. The summed E-state index contributed by atoms with van der Waals surface area (Å²) in [6.07, 6.45) is 3.45. The number of carbonyl (C=O) groups is 1. The van der Waals surface area contributed by atoms with Crippen LogP contribution in [-0.4, -0.2) is 29.1 Å². The van der Waals surface area contributed by atoms with Crippen LogP contribution in [0.1, 0.15) is 38.2 Å². The van der Waals surface area contributed by atoms with Crippen LogP contribution in [0.5, 0.6) is 0 Å². The summed E-state index contributed by atoms with van der Waals surface area (Å²) in [5, 5.41) is 9.64. The average molecular weight is 419 g/mol. The normalized spacial score (nSPS) is 23.2. The molecule has 0 radical (unpaired) electrons. The van der Waals surface area contributed by atoms with Crippen LogP contribution < -0.4 is 0 Å². The molecule has 3 nitrogen and oxygen atoms in total. The van der Waals surface area contributed by atoms with Gasteiger partial charge in [-0.1, -0.05) is 19.4 Å². The van der Waals surface area contributed by atoms with Crippen LogP contribution in [-0.2, 0) is 11.3 Å². The van der Waals surface area contributed by atoms with Gasteiger partial charge in [0.25, 0.3) is 0 Å². The van der Waals surface area contributed by atoms with Gasteiger partial charge in [-0.25, -0.2) is 0 Å². The molecule has 0 saturated carbocycles. The van der Waals surface area contributed by atoms with Crippen molar-refractivity contribution in [3.8, 4) is 0 Å². The van der Waals surface area contributed by atoms with E-state index in [0.29, 0.717) is 6.54 Å². The van der Waals surface area contributed by atoms with Crippen LogP contribution in [0.25, 0.3) is 0 Å². The van der Waals surface area contributed by atoms with Crippen LogP contribution in [0.2, 0.25) is 0 Å². The Labute approximate surface area is 143 Å². The molecule has 1 aliphatic heterocycles. The SMILES string of the molecule is CCCC1(C(=O)O)CCCN(Cc2ccc(Br)c(Br)c2)C1. The first-order chi connectivity index (χ1) is 9.97. The fourth-order valence-corrected chi connectivity index (χ4v) is 3.90. The topological polar surface area (TPSA) is 40.5 Å². The van der Waals surface area contributed by atoms with Crippen molar-refractivity contribution in [2.45, 2.75) is 39.2 Å². The van der Waals surface area contributed by atoms with E-state index in [9.17, 15) is 9.90 Å². The lowest BCUT2D eigenvalue weighted by Gasteiger charge is -2.40. The minimum absolute atomic E-state index is 0.556. The molecule has 21 heavy (non-hydrogen) atoms. The zero-order valence-electron chi connectivity index (χ0n) is 12.2. The highest BCUT2D eigenvalue weighted by Crippen LogP contribution is 2.36. The van der Waals surface area contributed by atoms with Gasteiger partial charge in [0.15, 0.2) is 0 Å².